The van der Waals surface area contributed by atoms with Crippen LogP contribution in [0.4, 0.5) is 0 Å². The third-order valence-electron chi connectivity index (χ3n) is 4.50. The summed E-state index contributed by atoms with van der Waals surface area (Å²) in [5.41, 5.74) is 9.33. The monoisotopic (exact) mass is 251 g/mol. The SMILES string of the molecule is CCC1CC1(N)C(c1ccccc1)c1ccccc1. The molecule has 1 heteroatoms. The van der Waals surface area contributed by atoms with E-state index in [0.717, 1.165) is 6.42 Å². The molecule has 0 saturated heterocycles. The average molecular weight is 251 g/mol. The maximum absolute atomic E-state index is 6.71. The van der Waals surface area contributed by atoms with Gasteiger partial charge in [0.1, 0.15) is 0 Å². The van der Waals surface area contributed by atoms with Gasteiger partial charge in [-0.25, -0.2) is 0 Å². The summed E-state index contributed by atoms with van der Waals surface area (Å²) in [5.74, 6) is 0.970. The summed E-state index contributed by atoms with van der Waals surface area (Å²) in [6.45, 7) is 2.24. The summed E-state index contributed by atoms with van der Waals surface area (Å²) in [7, 11) is 0. The second-order valence-corrected chi connectivity index (χ2v) is 5.68. The number of benzene rings is 2. The third kappa shape index (κ3) is 2.19. The third-order valence-corrected chi connectivity index (χ3v) is 4.50. The van der Waals surface area contributed by atoms with Crippen molar-refractivity contribution in [3.63, 3.8) is 0 Å². The number of hydrogen-bond acceptors (Lipinski definition) is 1. The Hall–Kier alpha value is -1.60. The van der Waals surface area contributed by atoms with Gasteiger partial charge in [0.2, 0.25) is 0 Å². The Morgan fingerprint density at radius 3 is 1.84 bits per heavy atom. The quantitative estimate of drug-likeness (QED) is 0.875. The van der Waals surface area contributed by atoms with Gasteiger partial charge >= 0.3 is 0 Å². The van der Waals surface area contributed by atoms with Crippen molar-refractivity contribution in [1.29, 1.82) is 0 Å². The van der Waals surface area contributed by atoms with Gasteiger partial charge in [-0.2, -0.15) is 0 Å². The van der Waals surface area contributed by atoms with Crippen molar-refractivity contribution in [3.8, 4) is 0 Å². The van der Waals surface area contributed by atoms with Gasteiger partial charge in [-0.05, 0) is 23.5 Å². The Kier molecular flexibility index (Phi) is 3.16. The van der Waals surface area contributed by atoms with Crippen LogP contribution in [0.25, 0.3) is 0 Å². The highest BCUT2D eigenvalue weighted by Gasteiger charge is 2.55. The first-order valence-corrected chi connectivity index (χ1v) is 7.14. The molecule has 19 heavy (non-hydrogen) atoms. The molecule has 1 nitrogen and oxygen atoms in total. The first-order chi connectivity index (χ1) is 9.25. The number of hydrogen-bond donors (Lipinski definition) is 1. The molecule has 2 N–H and O–H groups in total. The highest BCUT2D eigenvalue weighted by atomic mass is 14.9. The van der Waals surface area contributed by atoms with Crippen LogP contribution in [0.15, 0.2) is 60.7 Å². The van der Waals surface area contributed by atoms with E-state index in [1.807, 2.05) is 0 Å². The Bertz CT molecular complexity index is 495. The van der Waals surface area contributed by atoms with E-state index in [2.05, 4.69) is 67.6 Å². The minimum Gasteiger partial charge on any atom is -0.324 e. The molecular formula is C18H21N. The lowest BCUT2D eigenvalue weighted by atomic mass is 9.82. The molecule has 3 rings (SSSR count). The zero-order valence-corrected chi connectivity index (χ0v) is 11.4. The standard InChI is InChI=1S/C18H21N/c1-2-16-13-18(16,19)17(14-9-5-3-6-10-14)15-11-7-4-8-12-15/h3-12,16-17H,2,13,19H2,1H3. The molecule has 0 spiro atoms. The largest absolute Gasteiger partial charge is 0.324 e. The normalized spacial score (nSPS) is 25.5. The minimum atomic E-state index is -0.0581. The van der Waals surface area contributed by atoms with Crippen molar-refractivity contribution >= 4 is 0 Å². The van der Waals surface area contributed by atoms with Gasteiger partial charge in [0.15, 0.2) is 0 Å². The lowest BCUT2D eigenvalue weighted by Crippen LogP contribution is -2.34. The fraction of sp³-hybridized carbons (Fsp3) is 0.333. The highest BCUT2D eigenvalue weighted by Crippen LogP contribution is 2.54. The molecule has 0 radical (unpaired) electrons. The van der Waals surface area contributed by atoms with Crippen LogP contribution < -0.4 is 5.73 Å². The van der Waals surface area contributed by atoms with Crippen molar-refractivity contribution in [3.05, 3.63) is 71.8 Å². The summed E-state index contributed by atoms with van der Waals surface area (Å²) in [5, 5.41) is 0. The first kappa shape index (κ1) is 12.4. The molecule has 2 unspecified atom stereocenters. The average Bonchev–Trinajstić information content (AvgIpc) is 3.13. The topological polar surface area (TPSA) is 26.0 Å². The van der Waals surface area contributed by atoms with Crippen LogP contribution in [0.1, 0.15) is 36.8 Å². The highest BCUT2D eigenvalue weighted by molar-refractivity contribution is 5.40. The van der Waals surface area contributed by atoms with E-state index >= 15 is 0 Å². The predicted molar refractivity (Wildman–Crippen MR) is 80.0 cm³/mol. The molecule has 1 aliphatic rings. The molecule has 0 bridgehead atoms. The van der Waals surface area contributed by atoms with Gasteiger partial charge in [-0.1, -0.05) is 74.0 Å². The van der Waals surface area contributed by atoms with Crippen molar-refractivity contribution in [1.82, 2.24) is 0 Å². The Labute approximate surface area is 115 Å². The Morgan fingerprint density at radius 1 is 1.00 bits per heavy atom. The molecule has 1 saturated carbocycles. The summed E-state index contributed by atoms with van der Waals surface area (Å²) >= 11 is 0. The smallest absolute Gasteiger partial charge is 0.0297 e. The van der Waals surface area contributed by atoms with E-state index < -0.39 is 0 Å². The van der Waals surface area contributed by atoms with Crippen LogP contribution in [-0.4, -0.2) is 5.54 Å². The van der Waals surface area contributed by atoms with E-state index in [9.17, 15) is 0 Å². The molecule has 2 aromatic rings. The molecule has 2 atom stereocenters. The van der Waals surface area contributed by atoms with Crippen LogP contribution in [0, 0.1) is 5.92 Å². The van der Waals surface area contributed by atoms with Crippen LogP contribution in [0.5, 0.6) is 0 Å². The Morgan fingerprint density at radius 2 is 1.47 bits per heavy atom. The molecule has 0 amide bonds. The van der Waals surface area contributed by atoms with Crippen LogP contribution in [0.2, 0.25) is 0 Å². The molecule has 2 aromatic carbocycles. The van der Waals surface area contributed by atoms with Gasteiger partial charge in [0, 0.05) is 11.5 Å². The molecule has 1 aliphatic carbocycles. The van der Waals surface area contributed by atoms with E-state index in [1.165, 1.54) is 17.5 Å². The van der Waals surface area contributed by atoms with Crippen LogP contribution in [-0.2, 0) is 0 Å². The molecule has 1 fully saturated rings. The van der Waals surface area contributed by atoms with Crippen molar-refractivity contribution in [2.24, 2.45) is 11.7 Å². The second kappa shape index (κ2) is 4.82. The summed E-state index contributed by atoms with van der Waals surface area (Å²) < 4.78 is 0. The minimum absolute atomic E-state index is 0.0581. The number of rotatable bonds is 4. The van der Waals surface area contributed by atoms with Crippen molar-refractivity contribution < 1.29 is 0 Å². The van der Waals surface area contributed by atoms with E-state index in [1.54, 1.807) is 0 Å². The van der Waals surface area contributed by atoms with E-state index in [4.69, 9.17) is 5.73 Å². The lowest BCUT2D eigenvalue weighted by Gasteiger charge is -2.26. The van der Waals surface area contributed by atoms with E-state index in [0.29, 0.717) is 11.8 Å². The zero-order valence-electron chi connectivity index (χ0n) is 11.4. The summed E-state index contributed by atoms with van der Waals surface area (Å²) in [6.07, 6.45) is 2.31. The fourth-order valence-electron chi connectivity index (χ4n) is 3.35. The zero-order chi connectivity index (χ0) is 13.3. The van der Waals surface area contributed by atoms with Gasteiger partial charge in [0.25, 0.3) is 0 Å². The van der Waals surface area contributed by atoms with Crippen molar-refractivity contribution in [2.45, 2.75) is 31.2 Å². The van der Waals surface area contributed by atoms with Crippen LogP contribution >= 0.6 is 0 Å². The summed E-state index contributed by atoms with van der Waals surface area (Å²) in [6, 6.07) is 21.4. The van der Waals surface area contributed by atoms with E-state index in [-0.39, 0.29) is 5.54 Å². The fourth-order valence-corrected chi connectivity index (χ4v) is 3.35. The maximum atomic E-state index is 6.71. The first-order valence-electron chi connectivity index (χ1n) is 7.14. The van der Waals surface area contributed by atoms with Gasteiger partial charge in [-0.15, -0.1) is 0 Å². The molecule has 0 aromatic heterocycles. The molecule has 98 valence electrons. The van der Waals surface area contributed by atoms with Gasteiger partial charge in [0.05, 0.1) is 0 Å². The van der Waals surface area contributed by atoms with Crippen LogP contribution in [0.3, 0.4) is 0 Å². The maximum Gasteiger partial charge on any atom is 0.0297 e. The predicted octanol–water partition coefficient (Wildman–Crippen LogP) is 3.95. The molecular weight excluding hydrogens is 230 g/mol. The molecule has 0 heterocycles. The van der Waals surface area contributed by atoms with Gasteiger partial charge < -0.3 is 5.73 Å². The summed E-state index contributed by atoms with van der Waals surface area (Å²) in [4.78, 5) is 0. The van der Waals surface area contributed by atoms with Crippen molar-refractivity contribution in [2.75, 3.05) is 0 Å². The number of nitrogens with two attached hydrogens (primary N) is 1. The lowest BCUT2D eigenvalue weighted by molar-refractivity contribution is 0.521. The Balaban J connectivity index is 2.03. The second-order valence-electron chi connectivity index (χ2n) is 5.68. The van der Waals surface area contributed by atoms with Gasteiger partial charge in [-0.3, -0.25) is 0 Å². The molecule has 0 aliphatic heterocycles.